The lowest BCUT2D eigenvalue weighted by molar-refractivity contribution is -0.136. The zero-order valence-electron chi connectivity index (χ0n) is 12.9. The molecule has 0 atom stereocenters. The van der Waals surface area contributed by atoms with Crippen molar-refractivity contribution in [2.75, 3.05) is 13.1 Å². The summed E-state index contributed by atoms with van der Waals surface area (Å²) in [5, 5.41) is 2.75. The first kappa shape index (κ1) is 17.1. The number of nitrogens with zero attached hydrogens (tertiary/aromatic N) is 1. The molecule has 0 aliphatic carbocycles. The van der Waals surface area contributed by atoms with Gasteiger partial charge < -0.3 is 10.2 Å². The van der Waals surface area contributed by atoms with Crippen LogP contribution in [0.5, 0.6) is 0 Å². The molecule has 0 saturated heterocycles. The maximum absolute atomic E-state index is 13.5. The minimum Gasteiger partial charge on any atom is -0.352 e. The summed E-state index contributed by atoms with van der Waals surface area (Å²) in [6, 6.07) is 6.47. The van der Waals surface area contributed by atoms with Crippen LogP contribution in [0.3, 0.4) is 0 Å². The molecule has 5 heteroatoms. The minimum absolute atomic E-state index is 0.0460. The predicted octanol–water partition coefficient (Wildman–Crippen LogP) is 2.13. The van der Waals surface area contributed by atoms with Crippen molar-refractivity contribution in [2.45, 2.75) is 39.7 Å². The third-order valence-corrected chi connectivity index (χ3v) is 3.08. The third kappa shape index (κ3) is 5.94. The Morgan fingerprint density at radius 2 is 1.95 bits per heavy atom. The Hall–Kier alpha value is -1.91. The molecule has 1 aromatic rings. The van der Waals surface area contributed by atoms with Crippen molar-refractivity contribution in [3.8, 4) is 0 Å². The van der Waals surface area contributed by atoms with E-state index in [4.69, 9.17) is 0 Å². The molecule has 1 N–H and O–H groups in total. The molecule has 0 spiro atoms. The second-order valence-electron chi connectivity index (χ2n) is 5.22. The Labute approximate surface area is 125 Å². The molecular formula is C16H23FN2O2. The van der Waals surface area contributed by atoms with Crippen molar-refractivity contribution in [2.24, 2.45) is 0 Å². The molecule has 116 valence electrons. The smallest absolute Gasteiger partial charge is 0.239 e. The van der Waals surface area contributed by atoms with Gasteiger partial charge in [-0.25, -0.2) is 4.39 Å². The molecule has 0 unspecified atom stereocenters. The highest BCUT2D eigenvalue weighted by atomic mass is 19.1. The van der Waals surface area contributed by atoms with Gasteiger partial charge in [-0.05, 0) is 38.8 Å². The van der Waals surface area contributed by atoms with E-state index >= 15 is 0 Å². The van der Waals surface area contributed by atoms with Crippen molar-refractivity contribution in [3.63, 3.8) is 0 Å². The Bertz CT molecular complexity index is 489. The van der Waals surface area contributed by atoms with Gasteiger partial charge in [-0.3, -0.25) is 9.59 Å². The number of amides is 2. The van der Waals surface area contributed by atoms with Gasteiger partial charge in [0.05, 0.1) is 6.54 Å². The van der Waals surface area contributed by atoms with E-state index in [1.807, 2.05) is 20.8 Å². The summed E-state index contributed by atoms with van der Waals surface area (Å²) >= 11 is 0. The number of carbonyl (C=O) groups excluding carboxylic acids is 2. The lowest BCUT2D eigenvalue weighted by Gasteiger charge is -2.21. The molecule has 0 heterocycles. The van der Waals surface area contributed by atoms with Crippen molar-refractivity contribution in [1.82, 2.24) is 10.2 Å². The summed E-state index contributed by atoms with van der Waals surface area (Å²) in [7, 11) is 0. The van der Waals surface area contributed by atoms with Gasteiger partial charge in [-0.2, -0.15) is 0 Å². The molecular weight excluding hydrogens is 271 g/mol. The van der Waals surface area contributed by atoms with Crippen LogP contribution in [0.1, 0.15) is 32.8 Å². The van der Waals surface area contributed by atoms with E-state index in [0.717, 1.165) is 0 Å². The van der Waals surface area contributed by atoms with Crippen LogP contribution in [0.4, 0.5) is 4.39 Å². The Morgan fingerprint density at radius 1 is 1.29 bits per heavy atom. The molecule has 21 heavy (non-hydrogen) atoms. The van der Waals surface area contributed by atoms with Gasteiger partial charge in [0.15, 0.2) is 0 Å². The van der Waals surface area contributed by atoms with Gasteiger partial charge in [0.2, 0.25) is 11.8 Å². The molecule has 1 rings (SSSR count). The monoisotopic (exact) mass is 294 g/mol. The first-order chi connectivity index (χ1) is 9.93. The summed E-state index contributed by atoms with van der Waals surface area (Å²) in [5.41, 5.74) is 0.522. The molecule has 1 aromatic carbocycles. The number of hydrogen-bond acceptors (Lipinski definition) is 2. The van der Waals surface area contributed by atoms with Crippen LogP contribution in [-0.2, 0) is 16.0 Å². The van der Waals surface area contributed by atoms with E-state index in [2.05, 4.69) is 5.32 Å². The highest BCUT2D eigenvalue weighted by Crippen LogP contribution is 2.10. The number of benzene rings is 1. The summed E-state index contributed by atoms with van der Waals surface area (Å²) < 4.78 is 13.5. The van der Waals surface area contributed by atoms with Crippen molar-refractivity contribution in [3.05, 3.63) is 35.6 Å². The third-order valence-electron chi connectivity index (χ3n) is 3.08. The second-order valence-corrected chi connectivity index (χ2v) is 5.22. The maximum atomic E-state index is 13.5. The number of halogens is 1. The van der Waals surface area contributed by atoms with Crippen LogP contribution in [0.2, 0.25) is 0 Å². The first-order valence-corrected chi connectivity index (χ1v) is 7.24. The van der Waals surface area contributed by atoms with Gasteiger partial charge in [0.1, 0.15) is 5.82 Å². The molecule has 0 saturated carbocycles. The number of rotatable bonds is 7. The highest BCUT2D eigenvalue weighted by Gasteiger charge is 2.16. The van der Waals surface area contributed by atoms with E-state index in [9.17, 15) is 14.0 Å². The van der Waals surface area contributed by atoms with Crippen LogP contribution in [-0.4, -0.2) is 35.8 Å². The first-order valence-electron chi connectivity index (χ1n) is 7.24. The van der Waals surface area contributed by atoms with Gasteiger partial charge in [0.25, 0.3) is 0 Å². The Morgan fingerprint density at radius 3 is 2.52 bits per heavy atom. The maximum Gasteiger partial charge on any atom is 0.239 e. The predicted molar refractivity (Wildman–Crippen MR) is 80.3 cm³/mol. The van der Waals surface area contributed by atoms with Crippen LogP contribution < -0.4 is 5.32 Å². The summed E-state index contributed by atoms with van der Waals surface area (Å²) in [6.07, 6.45) is 0.539. The Balaban J connectivity index is 2.52. The van der Waals surface area contributed by atoms with E-state index in [-0.39, 0.29) is 36.6 Å². The SMILES string of the molecule is CCN(CC(=O)NC(C)C)C(=O)CCc1ccccc1F. The van der Waals surface area contributed by atoms with Gasteiger partial charge in [0, 0.05) is 19.0 Å². The Kier molecular flexibility index (Phi) is 6.85. The fraction of sp³-hybridized carbons (Fsp3) is 0.500. The van der Waals surface area contributed by atoms with Crippen LogP contribution in [0, 0.1) is 5.82 Å². The average Bonchev–Trinajstić information content (AvgIpc) is 2.42. The molecule has 0 aliphatic rings. The van der Waals surface area contributed by atoms with Crippen LogP contribution >= 0.6 is 0 Å². The topological polar surface area (TPSA) is 49.4 Å². The van der Waals surface area contributed by atoms with Gasteiger partial charge >= 0.3 is 0 Å². The quantitative estimate of drug-likeness (QED) is 0.837. The highest BCUT2D eigenvalue weighted by molar-refractivity contribution is 5.85. The largest absolute Gasteiger partial charge is 0.352 e. The zero-order chi connectivity index (χ0) is 15.8. The van der Waals surface area contributed by atoms with Crippen molar-refractivity contribution in [1.29, 1.82) is 0 Å². The van der Waals surface area contributed by atoms with Gasteiger partial charge in [-0.15, -0.1) is 0 Å². The fourth-order valence-electron chi connectivity index (χ4n) is 2.02. The number of aryl methyl sites for hydroxylation is 1. The molecule has 0 aromatic heterocycles. The summed E-state index contributed by atoms with van der Waals surface area (Å²) in [6.45, 7) is 6.07. The number of nitrogens with one attached hydrogen (secondary N) is 1. The molecule has 4 nitrogen and oxygen atoms in total. The molecule has 0 radical (unpaired) electrons. The van der Waals surface area contributed by atoms with Crippen molar-refractivity contribution < 1.29 is 14.0 Å². The van der Waals surface area contributed by atoms with Gasteiger partial charge in [-0.1, -0.05) is 18.2 Å². The van der Waals surface area contributed by atoms with E-state index in [0.29, 0.717) is 18.5 Å². The molecule has 2 amide bonds. The minimum atomic E-state index is -0.300. The number of hydrogen-bond donors (Lipinski definition) is 1. The summed E-state index contributed by atoms with van der Waals surface area (Å²) in [5.74, 6) is -0.614. The molecule has 0 bridgehead atoms. The standard InChI is InChI=1S/C16H23FN2O2/c1-4-19(11-15(20)18-12(2)3)16(21)10-9-13-7-5-6-8-14(13)17/h5-8,12H,4,9-11H2,1-3H3,(H,18,20). The normalized spacial score (nSPS) is 10.5. The van der Waals surface area contributed by atoms with E-state index in [1.54, 1.807) is 18.2 Å². The number of likely N-dealkylation sites (N-methyl/N-ethyl adjacent to an activating group) is 1. The average molecular weight is 294 g/mol. The second kappa shape index (κ2) is 8.39. The zero-order valence-corrected chi connectivity index (χ0v) is 12.9. The van der Waals surface area contributed by atoms with Crippen LogP contribution in [0.25, 0.3) is 0 Å². The lowest BCUT2D eigenvalue weighted by Crippen LogP contribution is -2.42. The fourth-order valence-corrected chi connectivity index (χ4v) is 2.02. The van der Waals surface area contributed by atoms with Crippen molar-refractivity contribution >= 4 is 11.8 Å². The molecule has 0 fully saturated rings. The number of carbonyl (C=O) groups is 2. The molecule has 0 aliphatic heterocycles. The summed E-state index contributed by atoms with van der Waals surface area (Å²) in [4.78, 5) is 25.3. The van der Waals surface area contributed by atoms with E-state index in [1.165, 1.54) is 11.0 Å². The van der Waals surface area contributed by atoms with E-state index < -0.39 is 0 Å². The van der Waals surface area contributed by atoms with Crippen LogP contribution in [0.15, 0.2) is 24.3 Å². The lowest BCUT2D eigenvalue weighted by atomic mass is 10.1.